The molecule has 1 heterocycles. The lowest BCUT2D eigenvalue weighted by Crippen LogP contribution is -2.53. The van der Waals surface area contributed by atoms with Gasteiger partial charge in [0.15, 0.2) is 5.79 Å². The summed E-state index contributed by atoms with van der Waals surface area (Å²) < 4.78 is 11.0. The fourth-order valence-corrected chi connectivity index (χ4v) is 2.48. The van der Waals surface area contributed by atoms with E-state index in [9.17, 15) is 4.79 Å². The maximum absolute atomic E-state index is 12.0. The van der Waals surface area contributed by atoms with Crippen molar-refractivity contribution < 1.29 is 14.3 Å². The molecule has 1 saturated carbocycles. The standard InChI is InChI=1S/C12H22N2O3/c1-11(2)16-8-9(17-11)7-14-10(15)12(13)5-3-4-6-12/h9H,3-8,13H2,1-2H3,(H,14,15). The highest BCUT2D eigenvalue weighted by Crippen LogP contribution is 2.27. The molecule has 1 saturated heterocycles. The van der Waals surface area contributed by atoms with Gasteiger partial charge >= 0.3 is 0 Å². The third kappa shape index (κ3) is 2.97. The zero-order valence-corrected chi connectivity index (χ0v) is 10.6. The average Bonchev–Trinajstić information content (AvgIpc) is 2.82. The number of carbonyl (C=O) groups is 1. The van der Waals surface area contributed by atoms with Gasteiger partial charge in [-0.1, -0.05) is 12.8 Å². The molecule has 1 unspecified atom stereocenters. The first-order chi connectivity index (χ1) is 7.91. The lowest BCUT2D eigenvalue weighted by Gasteiger charge is -2.23. The van der Waals surface area contributed by atoms with Crippen molar-refractivity contribution in [2.24, 2.45) is 5.73 Å². The number of carbonyl (C=O) groups excluding carboxylic acids is 1. The van der Waals surface area contributed by atoms with Gasteiger partial charge in [-0.3, -0.25) is 4.79 Å². The first-order valence-electron chi connectivity index (χ1n) is 6.30. The summed E-state index contributed by atoms with van der Waals surface area (Å²) in [7, 11) is 0. The van der Waals surface area contributed by atoms with Crippen LogP contribution in [0.5, 0.6) is 0 Å². The minimum atomic E-state index is -0.658. The fraction of sp³-hybridized carbons (Fsp3) is 0.917. The van der Waals surface area contributed by atoms with Crippen molar-refractivity contribution in [2.45, 2.75) is 57.0 Å². The number of hydrogen-bond acceptors (Lipinski definition) is 4. The molecule has 1 atom stereocenters. The van der Waals surface area contributed by atoms with E-state index < -0.39 is 11.3 Å². The molecule has 2 aliphatic rings. The van der Waals surface area contributed by atoms with Gasteiger partial charge in [0.05, 0.1) is 12.1 Å². The van der Waals surface area contributed by atoms with E-state index in [1.54, 1.807) is 0 Å². The average molecular weight is 242 g/mol. The minimum Gasteiger partial charge on any atom is -0.352 e. The van der Waals surface area contributed by atoms with Crippen molar-refractivity contribution in [3.8, 4) is 0 Å². The normalized spacial score (nSPS) is 30.4. The Kier molecular flexibility index (Phi) is 3.43. The van der Waals surface area contributed by atoms with E-state index in [1.165, 1.54) is 0 Å². The maximum atomic E-state index is 12.0. The molecule has 0 bridgehead atoms. The van der Waals surface area contributed by atoms with Crippen LogP contribution in [0.15, 0.2) is 0 Å². The Morgan fingerprint density at radius 2 is 2.06 bits per heavy atom. The third-order valence-electron chi connectivity index (χ3n) is 3.51. The second kappa shape index (κ2) is 4.55. The maximum Gasteiger partial charge on any atom is 0.240 e. The smallest absolute Gasteiger partial charge is 0.240 e. The molecule has 0 aromatic rings. The van der Waals surface area contributed by atoms with Crippen molar-refractivity contribution >= 4 is 5.91 Å². The van der Waals surface area contributed by atoms with Gasteiger partial charge < -0.3 is 20.5 Å². The first-order valence-corrected chi connectivity index (χ1v) is 6.30. The number of ether oxygens (including phenoxy) is 2. The van der Waals surface area contributed by atoms with Gasteiger partial charge in [0.25, 0.3) is 0 Å². The van der Waals surface area contributed by atoms with Crippen molar-refractivity contribution in [3.63, 3.8) is 0 Å². The van der Waals surface area contributed by atoms with Gasteiger partial charge in [0.2, 0.25) is 5.91 Å². The third-order valence-corrected chi connectivity index (χ3v) is 3.51. The Hall–Kier alpha value is -0.650. The Morgan fingerprint density at radius 3 is 2.59 bits per heavy atom. The van der Waals surface area contributed by atoms with Gasteiger partial charge in [0.1, 0.15) is 6.10 Å². The molecule has 0 aromatic carbocycles. The molecule has 0 radical (unpaired) electrons. The molecule has 1 aliphatic carbocycles. The summed E-state index contributed by atoms with van der Waals surface area (Å²) in [6.45, 7) is 4.73. The lowest BCUT2D eigenvalue weighted by atomic mass is 9.98. The highest BCUT2D eigenvalue weighted by Gasteiger charge is 2.38. The predicted molar refractivity (Wildman–Crippen MR) is 63.3 cm³/mol. The lowest BCUT2D eigenvalue weighted by molar-refractivity contribution is -0.140. The van der Waals surface area contributed by atoms with Crippen LogP contribution < -0.4 is 11.1 Å². The van der Waals surface area contributed by atoms with Crippen LogP contribution in [0.3, 0.4) is 0 Å². The van der Waals surface area contributed by atoms with Crippen molar-refractivity contribution in [3.05, 3.63) is 0 Å². The van der Waals surface area contributed by atoms with E-state index >= 15 is 0 Å². The molecule has 0 aromatic heterocycles. The van der Waals surface area contributed by atoms with Crippen molar-refractivity contribution in [1.82, 2.24) is 5.32 Å². The van der Waals surface area contributed by atoms with Crippen LogP contribution in [-0.4, -0.2) is 36.5 Å². The SMILES string of the molecule is CC1(C)OCC(CNC(=O)C2(N)CCCC2)O1. The zero-order chi connectivity index (χ0) is 12.5. The molecular weight excluding hydrogens is 220 g/mol. The van der Waals surface area contributed by atoms with E-state index in [2.05, 4.69) is 5.32 Å². The van der Waals surface area contributed by atoms with Crippen LogP contribution in [0, 0.1) is 0 Å². The largest absolute Gasteiger partial charge is 0.352 e. The second-order valence-corrected chi connectivity index (χ2v) is 5.52. The minimum absolute atomic E-state index is 0.0525. The topological polar surface area (TPSA) is 73.6 Å². The van der Waals surface area contributed by atoms with E-state index in [-0.39, 0.29) is 12.0 Å². The van der Waals surface area contributed by atoms with E-state index in [0.717, 1.165) is 25.7 Å². The summed E-state index contributed by atoms with van der Waals surface area (Å²) in [4.78, 5) is 12.0. The van der Waals surface area contributed by atoms with E-state index in [4.69, 9.17) is 15.2 Å². The summed E-state index contributed by atoms with van der Waals surface area (Å²) >= 11 is 0. The fourth-order valence-electron chi connectivity index (χ4n) is 2.48. The van der Waals surface area contributed by atoms with E-state index in [1.807, 2.05) is 13.8 Å². The molecule has 2 fully saturated rings. The summed E-state index contributed by atoms with van der Waals surface area (Å²) in [5, 5.41) is 2.88. The predicted octanol–water partition coefficient (Wildman–Crippen LogP) is 0.526. The highest BCUT2D eigenvalue weighted by molar-refractivity contribution is 5.86. The Labute approximate surface area is 102 Å². The van der Waals surface area contributed by atoms with Crippen LogP contribution in [0.25, 0.3) is 0 Å². The molecule has 3 N–H and O–H groups in total. The number of rotatable bonds is 3. The highest BCUT2D eigenvalue weighted by atomic mass is 16.7. The van der Waals surface area contributed by atoms with Crippen LogP contribution in [0.4, 0.5) is 0 Å². The molecule has 1 amide bonds. The quantitative estimate of drug-likeness (QED) is 0.757. The van der Waals surface area contributed by atoms with E-state index in [0.29, 0.717) is 13.2 Å². The zero-order valence-electron chi connectivity index (χ0n) is 10.6. The summed E-state index contributed by atoms with van der Waals surface area (Å²) in [5.41, 5.74) is 5.40. The summed E-state index contributed by atoms with van der Waals surface area (Å²) in [6.07, 6.45) is 3.58. The molecular formula is C12H22N2O3. The molecule has 5 nitrogen and oxygen atoms in total. The Morgan fingerprint density at radius 1 is 1.41 bits per heavy atom. The first kappa shape index (κ1) is 12.8. The Bertz CT molecular complexity index is 298. The number of nitrogens with two attached hydrogens (primary N) is 1. The Balaban J connectivity index is 1.77. The van der Waals surface area contributed by atoms with Crippen molar-refractivity contribution in [1.29, 1.82) is 0 Å². The monoisotopic (exact) mass is 242 g/mol. The number of hydrogen-bond donors (Lipinski definition) is 2. The van der Waals surface area contributed by atoms with Gasteiger partial charge in [-0.05, 0) is 26.7 Å². The van der Waals surface area contributed by atoms with Crippen LogP contribution in [-0.2, 0) is 14.3 Å². The summed E-state index contributed by atoms with van der Waals surface area (Å²) in [5.74, 6) is -0.591. The second-order valence-electron chi connectivity index (χ2n) is 5.52. The molecule has 5 heteroatoms. The summed E-state index contributed by atoms with van der Waals surface area (Å²) in [6, 6.07) is 0. The van der Waals surface area contributed by atoms with Crippen LogP contribution in [0.2, 0.25) is 0 Å². The van der Waals surface area contributed by atoms with Crippen molar-refractivity contribution in [2.75, 3.05) is 13.2 Å². The van der Waals surface area contributed by atoms with Gasteiger partial charge in [-0.15, -0.1) is 0 Å². The number of nitrogens with one attached hydrogen (secondary N) is 1. The van der Waals surface area contributed by atoms with Crippen LogP contribution >= 0.6 is 0 Å². The van der Waals surface area contributed by atoms with Crippen LogP contribution in [0.1, 0.15) is 39.5 Å². The van der Waals surface area contributed by atoms with Gasteiger partial charge in [-0.2, -0.15) is 0 Å². The molecule has 17 heavy (non-hydrogen) atoms. The molecule has 98 valence electrons. The molecule has 1 aliphatic heterocycles. The van der Waals surface area contributed by atoms with Gasteiger partial charge in [-0.25, -0.2) is 0 Å². The molecule has 0 spiro atoms. The van der Waals surface area contributed by atoms with Gasteiger partial charge in [0, 0.05) is 6.54 Å². The number of amides is 1. The molecule has 2 rings (SSSR count).